The van der Waals surface area contributed by atoms with Crippen LogP contribution < -0.4 is 10.1 Å². The highest BCUT2D eigenvalue weighted by Gasteiger charge is 2.31. The van der Waals surface area contributed by atoms with Gasteiger partial charge >= 0.3 is 6.36 Å². The average molecular weight is 376 g/mol. The van der Waals surface area contributed by atoms with E-state index in [-0.39, 0.29) is 12.1 Å². The summed E-state index contributed by atoms with van der Waals surface area (Å²) < 4.78 is 42.4. The SMILES string of the molecule is Cn1cc(-c2cncc(CNC(=O)c3cccc(OC(F)(F)F)c3)c2)cn1. The molecule has 6 nitrogen and oxygen atoms in total. The van der Waals surface area contributed by atoms with E-state index in [4.69, 9.17) is 0 Å². The number of carbonyl (C=O) groups is 1. The van der Waals surface area contributed by atoms with Crippen LogP contribution in [-0.2, 0) is 13.6 Å². The highest BCUT2D eigenvalue weighted by molar-refractivity contribution is 5.94. The predicted octanol–water partition coefficient (Wildman–Crippen LogP) is 3.31. The molecular formula is C18H15F3N4O2. The number of nitrogens with zero attached hydrogens (tertiary/aromatic N) is 3. The van der Waals surface area contributed by atoms with Gasteiger partial charge in [0.15, 0.2) is 0 Å². The van der Waals surface area contributed by atoms with Crippen molar-refractivity contribution in [2.24, 2.45) is 7.05 Å². The van der Waals surface area contributed by atoms with Gasteiger partial charge in [0, 0.05) is 48.9 Å². The molecule has 0 aliphatic carbocycles. The van der Waals surface area contributed by atoms with Crippen LogP contribution in [-0.4, -0.2) is 27.0 Å². The number of aryl methyl sites for hydroxylation is 1. The number of nitrogens with one attached hydrogen (secondary N) is 1. The van der Waals surface area contributed by atoms with Gasteiger partial charge in [0.25, 0.3) is 5.91 Å². The molecule has 0 fully saturated rings. The molecular weight excluding hydrogens is 361 g/mol. The molecule has 3 rings (SSSR count). The maximum atomic E-state index is 12.3. The van der Waals surface area contributed by atoms with Gasteiger partial charge in [-0.25, -0.2) is 0 Å². The standard InChI is InChI=1S/C18H15F3N4O2/c1-25-11-15(10-24-25)14-5-12(7-22-9-14)8-23-17(26)13-3-2-4-16(6-13)27-18(19,20)21/h2-7,9-11H,8H2,1H3,(H,23,26). The first-order chi connectivity index (χ1) is 12.8. The summed E-state index contributed by atoms with van der Waals surface area (Å²) >= 11 is 0. The summed E-state index contributed by atoms with van der Waals surface area (Å²) in [5.74, 6) is -0.968. The van der Waals surface area contributed by atoms with Crippen LogP contribution in [0.5, 0.6) is 5.75 Å². The van der Waals surface area contributed by atoms with E-state index in [1.165, 1.54) is 12.1 Å². The number of ether oxygens (including phenoxy) is 1. The zero-order valence-electron chi connectivity index (χ0n) is 14.2. The highest BCUT2D eigenvalue weighted by Crippen LogP contribution is 2.23. The normalized spacial score (nSPS) is 11.3. The number of aromatic nitrogens is 3. The van der Waals surface area contributed by atoms with Crippen LogP contribution in [0.3, 0.4) is 0 Å². The second-order valence-electron chi connectivity index (χ2n) is 5.74. The van der Waals surface area contributed by atoms with Crippen molar-refractivity contribution in [3.63, 3.8) is 0 Å². The zero-order valence-corrected chi connectivity index (χ0v) is 14.2. The lowest BCUT2D eigenvalue weighted by atomic mass is 10.1. The Kier molecular flexibility index (Phi) is 5.11. The summed E-state index contributed by atoms with van der Waals surface area (Å²) in [6.45, 7) is 0.171. The van der Waals surface area contributed by atoms with Gasteiger partial charge in [-0.15, -0.1) is 13.2 Å². The third kappa shape index (κ3) is 5.06. The molecule has 0 unspecified atom stereocenters. The molecule has 9 heteroatoms. The second-order valence-corrected chi connectivity index (χ2v) is 5.74. The van der Waals surface area contributed by atoms with Gasteiger partial charge in [-0.05, 0) is 29.8 Å². The Hall–Kier alpha value is -3.36. The van der Waals surface area contributed by atoms with Crippen LogP contribution >= 0.6 is 0 Å². The van der Waals surface area contributed by atoms with Crippen molar-refractivity contribution >= 4 is 5.91 Å². The van der Waals surface area contributed by atoms with Gasteiger partial charge in [0.05, 0.1) is 6.20 Å². The minimum atomic E-state index is -4.81. The van der Waals surface area contributed by atoms with E-state index >= 15 is 0 Å². The van der Waals surface area contributed by atoms with Crippen molar-refractivity contribution in [2.75, 3.05) is 0 Å². The lowest BCUT2D eigenvalue weighted by Crippen LogP contribution is -2.23. The Balaban J connectivity index is 1.67. The van der Waals surface area contributed by atoms with Gasteiger partial charge in [-0.3, -0.25) is 14.5 Å². The third-order valence-electron chi connectivity index (χ3n) is 3.62. The molecule has 140 valence electrons. The first-order valence-electron chi connectivity index (χ1n) is 7.87. The average Bonchev–Trinajstić information content (AvgIpc) is 3.05. The summed E-state index contributed by atoms with van der Waals surface area (Å²) in [5, 5.41) is 6.75. The molecule has 0 bridgehead atoms. The molecule has 2 aromatic heterocycles. The number of rotatable bonds is 5. The fraction of sp³-hybridized carbons (Fsp3) is 0.167. The topological polar surface area (TPSA) is 69.0 Å². The largest absolute Gasteiger partial charge is 0.573 e. The van der Waals surface area contributed by atoms with E-state index in [2.05, 4.69) is 20.1 Å². The lowest BCUT2D eigenvalue weighted by Gasteiger charge is -2.10. The Morgan fingerprint density at radius 2 is 2.00 bits per heavy atom. The Morgan fingerprint density at radius 3 is 2.70 bits per heavy atom. The molecule has 3 aromatic rings. The van der Waals surface area contributed by atoms with E-state index in [1.807, 2.05) is 12.3 Å². The fourth-order valence-corrected chi connectivity index (χ4v) is 2.43. The van der Waals surface area contributed by atoms with Crippen LogP contribution in [0.4, 0.5) is 13.2 Å². The molecule has 0 atom stereocenters. The smallest absolute Gasteiger partial charge is 0.406 e. The molecule has 0 aliphatic rings. The Morgan fingerprint density at radius 1 is 1.19 bits per heavy atom. The molecule has 0 spiro atoms. The predicted molar refractivity (Wildman–Crippen MR) is 90.7 cm³/mol. The lowest BCUT2D eigenvalue weighted by molar-refractivity contribution is -0.274. The molecule has 0 aliphatic heterocycles. The van der Waals surface area contributed by atoms with E-state index in [0.717, 1.165) is 28.8 Å². The van der Waals surface area contributed by atoms with Crippen molar-refractivity contribution in [3.05, 3.63) is 66.2 Å². The fourth-order valence-electron chi connectivity index (χ4n) is 2.43. The minimum absolute atomic E-state index is 0.0631. The first-order valence-corrected chi connectivity index (χ1v) is 7.87. The first kappa shape index (κ1) is 18.4. The van der Waals surface area contributed by atoms with Crippen molar-refractivity contribution in [1.82, 2.24) is 20.1 Å². The van der Waals surface area contributed by atoms with E-state index in [9.17, 15) is 18.0 Å². The Bertz CT molecular complexity index is 954. The third-order valence-corrected chi connectivity index (χ3v) is 3.62. The number of pyridine rings is 1. The molecule has 2 heterocycles. The monoisotopic (exact) mass is 376 g/mol. The van der Waals surface area contributed by atoms with E-state index in [1.54, 1.807) is 30.3 Å². The van der Waals surface area contributed by atoms with Crippen molar-refractivity contribution in [2.45, 2.75) is 12.9 Å². The van der Waals surface area contributed by atoms with Gasteiger partial charge in [0.2, 0.25) is 0 Å². The molecule has 1 N–H and O–H groups in total. The van der Waals surface area contributed by atoms with Crippen LogP contribution in [0, 0.1) is 0 Å². The number of hydrogen-bond donors (Lipinski definition) is 1. The molecule has 0 saturated heterocycles. The van der Waals surface area contributed by atoms with Gasteiger partial charge < -0.3 is 10.1 Å². The molecule has 27 heavy (non-hydrogen) atoms. The number of alkyl halides is 3. The molecule has 0 radical (unpaired) electrons. The maximum Gasteiger partial charge on any atom is 0.573 e. The number of halogens is 3. The van der Waals surface area contributed by atoms with Crippen LogP contribution in [0.1, 0.15) is 15.9 Å². The molecule has 1 amide bonds. The number of hydrogen-bond acceptors (Lipinski definition) is 4. The number of benzene rings is 1. The van der Waals surface area contributed by atoms with Gasteiger partial charge in [-0.1, -0.05) is 6.07 Å². The summed E-state index contributed by atoms with van der Waals surface area (Å²) in [7, 11) is 1.80. The highest BCUT2D eigenvalue weighted by atomic mass is 19.4. The summed E-state index contributed by atoms with van der Waals surface area (Å²) in [5.41, 5.74) is 2.53. The second kappa shape index (κ2) is 7.48. The van der Waals surface area contributed by atoms with Crippen molar-refractivity contribution < 1.29 is 22.7 Å². The van der Waals surface area contributed by atoms with Gasteiger partial charge in [-0.2, -0.15) is 5.10 Å². The van der Waals surface area contributed by atoms with Gasteiger partial charge in [0.1, 0.15) is 5.75 Å². The van der Waals surface area contributed by atoms with Crippen molar-refractivity contribution in [1.29, 1.82) is 0 Å². The van der Waals surface area contributed by atoms with Crippen molar-refractivity contribution in [3.8, 4) is 16.9 Å². The quantitative estimate of drug-likeness (QED) is 0.742. The summed E-state index contributed by atoms with van der Waals surface area (Å²) in [6, 6.07) is 6.75. The number of amides is 1. The summed E-state index contributed by atoms with van der Waals surface area (Å²) in [6.07, 6.45) is 2.01. The maximum absolute atomic E-state index is 12.3. The van der Waals surface area contributed by atoms with Crippen LogP contribution in [0.15, 0.2) is 55.1 Å². The molecule has 1 aromatic carbocycles. The van der Waals surface area contributed by atoms with E-state index < -0.39 is 18.0 Å². The van der Waals surface area contributed by atoms with E-state index in [0.29, 0.717) is 0 Å². The Labute approximate surface area is 152 Å². The minimum Gasteiger partial charge on any atom is -0.406 e. The van der Waals surface area contributed by atoms with Crippen LogP contribution in [0.25, 0.3) is 11.1 Å². The molecule has 0 saturated carbocycles. The van der Waals surface area contributed by atoms with Crippen LogP contribution in [0.2, 0.25) is 0 Å². The number of carbonyl (C=O) groups excluding carboxylic acids is 1. The summed E-state index contributed by atoms with van der Waals surface area (Å²) in [4.78, 5) is 16.4. The zero-order chi connectivity index (χ0) is 19.4.